The summed E-state index contributed by atoms with van der Waals surface area (Å²) in [6.07, 6.45) is 0. The van der Waals surface area contributed by atoms with E-state index in [1.165, 1.54) is 179 Å². The molecule has 18 rings (SSSR count). The standard InChI is InChI=1S/C102H96BN3S2/c1-97(2,3)65-43-48-83-79(54-65)80-55-66(98(4,5)6)44-49-84(80)104(83)71-45-47-82-87(60-71)106(94-77(61-30-21-19-22-31-61)56-69(101(13,14)15)57-78(94)62-32-23-20-24-33-62)89-59-70(102(16,17)18)58-88-93(89)103(82)81-46-42-63(64-50-67(99(7,8)9)53-68(51-64)100(10,11)12)52-86(81)105(88)85-39-28-38-75-74-37-27-36-73(95(74)108-96(75)85)72-35-29-41-91-92(72)76-34-25-26-40-90(76)107-91/h19-60H,1-18H3. The first-order valence-electron chi connectivity index (χ1n) is 38.8. The fourth-order valence-corrected chi connectivity index (χ4v) is 19.8. The van der Waals surface area contributed by atoms with E-state index in [4.69, 9.17) is 0 Å². The van der Waals surface area contributed by atoms with Crippen LogP contribution in [0, 0.1) is 0 Å². The lowest BCUT2D eigenvalue weighted by Gasteiger charge is -2.46. The Hall–Kier alpha value is -10.2. The molecule has 16 aromatic rings. The summed E-state index contributed by atoms with van der Waals surface area (Å²) in [5.41, 5.74) is 31.3. The minimum Gasteiger partial charge on any atom is -0.310 e. The molecule has 2 aliphatic heterocycles. The van der Waals surface area contributed by atoms with Crippen LogP contribution >= 0.6 is 22.7 Å². The van der Waals surface area contributed by atoms with Gasteiger partial charge in [-0.25, -0.2) is 0 Å². The molecule has 0 N–H and O–H groups in total. The molecular formula is C102H96BN3S2. The van der Waals surface area contributed by atoms with Crippen LogP contribution < -0.4 is 26.2 Å². The van der Waals surface area contributed by atoms with E-state index in [2.05, 4.69) is 394 Å². The fraction of sp³-hybridized carbons (Fsp3) is 0.235. The van der Waals surface area contributed by atoms with Crippen LogP contribution in [-0.4, -0.2) is 11.3 Å². The molecule has 0 atom stereocenters. The molecule has 3 nitrogen and oxygen atoms in total. The van der Waals surface area contributed by atoms with Crippen molar-refractivity contribution in [3.63, 3.8) is 0 Å². The van der Waals surface area contributed by atoms with Crippen molar-refractivity contribution in [2.75, 3.05) is 9.80 Å². The molecule has 0 saturated heterocycles. The highest BCUT2D eigenvalue weighted by molar-refractivity contribution is 7.27. The second-order valence-electron chi connectivity index (χ2n) is 37.0. The summed E-state index contributed by atoms with van der Waals surface area (Å²) >= 11 is 3.85. The molecule has 13 aromatic carbocycles. The maximum Gasteiger partial charge on any atom is 0.252 e. The van der Waals surface area contributed by atoms with Crippen LogP contribution in [-0.2, 0) is 32.5 Å². The third-order valence-corrected chi connectivity index (χ3v) is 25.9. The van der Waals surface area contributed by atoms with Gasteiger partial charge in [0.25, 0.3) is 6.71 Å². The summed E-state index contributed by atoms with van der Waals surface area (Å²) in [4.78, 5) is 5.49. The zero-order valence-electron chi connectivity index (χ0n) is 66.0. The molecule has 0 amide bonds. The van der Waals surface area contributed by atoms with Crippen LogP contribution in [0.3, 0.4) is 0 Å². The van der Waals surface area contributed by atoms with Gasteiger partial charge < -0.3 is 14.4 Å². The highest BCUT2D eigenvalue weighted by Crippen LogP contribution is 2.56. The Morgan fingerprint density at radius 2 is 0.741 bits per heavy atom. The van der Waals surface area contributed by atoms with Gasteiger partial charge in [0.15, 0.2) is 0 Å². The zero-order valence-corrected chi connectivity index (χ0v) is 67.6. The largest absolute Gasteiger partial charge is 0.310 e. The van der Waals surface area contributed by atoms with Gasteiger partial charge in [-0.3, -0.25) is 0 Å². The Morgan fingerprint density at radius 1 is 0.269 bits per heavy atom. The lowest BCUT2D eigenvalue weighted by Crippen LogP contribution is -2.61. The van der Waals surface area contributed by atoms with Crippen molar-refractivity contribution in [2.24, 2.45) is 0 Å². The van der Waals surface area contributed by atoms with E-state index in [1.54, 1.807) is 0 Å². The topological polar surface area (TPSA) is 11.4 Å². The lowest BCUT2D eigenvalue weighted by molar-refractivity contribution is 0.569. The minimum absolute atomic E-state index is 0.0493. The Labute approximate surface area is 647 Å². The number of benzene rings is 13. The van der Waals surface area contributed by atoms with Crippen LogP contribution in [0.2, 0.25) is 0 Å². The highest BCUT2D eigenvalue weighted by atomic mass is 32.1. The molecule has 108 heavy (non-hydrogen) atoms. The van der Waals surface area contributed by atoms with Gasteiger partial charge in [0.05, 0.1) is 27.1 Å². The van der Waals surface area contributed by atoms with E-state index >= 15 is 0 Å². The average Bonchev–Trinajstić information content (AvgIpc) is 0.813. The van der Waals surface area contributed by atoms with Crippen LogP contribution in [0.5, 0.6) is 0 Å². The molecule has 5 heterocycles. The first-order chi connectivity index (χ1) is 51.3. The van der Waals surface area contributed by atoms with Crippen molar-refractivity contribution < 1.29 is 0 Å². The zero-order chi connectivity index (χ0) is 75.2. The second-order valence-corrected chi connectivity index (χ2v) is 39.1. The molecule has 0 radical (unpaired) electrons. The van der Waals surface area contributed by atoms with Crippen LogP contribution in [0.1, 0.15) is 158 Å². The molecule has 0 spiro atoms. The number of nitrogens with zero attached hydrogens (tertiary/aromatic N) is 3. The molecule has 0 bridgehead atoms. The minimum atomic E-state index is -0.299. The molecule has 2 aliphatic rings. The quantitative estimate of drug-likeness (QED) is 0.147. The normalized spacial score (nSPS) is 13.6. The number of hydrogen-bond acceptors (Lipinski definition) is 4. The number of hydrogen-bond donors (Lipinski definition) is 0. The Balaban J connectivity index is 0.988. The van der Waals surface area contributed by atoms with E-state index < -0.39 is 0 Å². The number of anilines is 6. The monoisotopic (exact) mass is 1440 g/mol. The van der Waals surface area contributed by atoms with Crippen molar-refractivity contribution in [2.45, 2.75) is 157 Å². The van der Waals surface area contributed by atoms with Crippen LogP contribution in [0.25, 0.3) is 112 Å². The maximum absolute atomic E-state index is 2.76. The molecule has 3 aromatic heterocycles. The van der Waals surface area contributed by atoms with Crippen molar-refractivity contribution >= 4 is 142 Å². The van der Waals surface area contributed by atoms with Crippen molar-refractivity contribution in [3.05, 3.63) is 288 Å². The smallest absolute Gasteiger partial charge is 0.252 e. The third-order valence-electron chi connectivity index (χ3n) is 23.5. The number of fused-ring (bicyclic) bond motifs is 13. The van der Waals surface area contributed by atoms with Gasteiger partial charge in [-0.1, -0.05) is 294 Å². The highest BCUT2D eigenvalue weighted by Gasteiger charge is 2.46. The third kappa shape index (κ3) is 11.4. The lowest BCUT2D eigenvalue weighted by atomic mass is 9.33. The summed E-state index contributed by atoms with van der Waals surface area (Å²) in [7, 11) is 0. The van der Waals surface area contributed by atoms with Gasteiger partial charge in [-0.15, -0.1) is 22.7 Å². The predicted molar refractivity (Wildman–Crippen MR) is 475 cm³/mol. The molecule has 0 fully saturated rings. The molecule has 0 unspecified atom stereocenters. The van der Waals surface area contributed by atoms with E-state index in [-0.39, 0.29) is 39.2 Å². The van der Waals surface area contributed by atoms with E-state index in [0.29, 0.717) is 0 Å². The number of thiophene rings is 2. The molecule has 0 aliphatic carbocycles. The summed E-state index contributed by atoms with van der Waals surface area (Å²) in [5.74, 6) is 0. The SMILES string of the molecule is CC(C)(C)c1cc(-c2ccc3c(c2)N(c2cccc4c2sc2c(-c5cccc6sc7ccccc7c56)cccc24)c2cc(C(C)(C)C)cc4c2B3c2ccc(-n3c5ccc(C(C)(C)C)cc5c5cc(C(C)(C)C)ccc53)cc2N4c2c(-c3ccccc3)cc(C(C)(C)C)cc2-c2ccccc2)cc(C(C)(C)C)c1. The van der Waals surface area contributed by atoms with Crippen LogP contribution in [0.15, 0.2) is 255 Å². The summed E-state index contributed by atoms with van der Waals surface area (Å²) < 4.78 is 7.77. The number of aromatic nitrogens is 1. The van der Waals surface area contributed by atoms with E-state index in [0.717, 1.165) is 17.1 Å². The van der Waals surface area contributed by atoms with E-state index in [1.807, 2.05) is 22.7 Å². The van der Waals surface area contributed by atoms with Gasteiger partial charge in [-0.05, 0) is 195 Å². The van der Waals surface area contributed by atoms with Crippen LogP contribution in [0.4, 0.5) is 34.1 Å². The Morgan fingerprint density at radius 3 is 1.32 bits per heavy atom. The van der Waals surface area contributed by atoms with Gasteiger partial charge in [-0.2, -0.15) is 0 Å². The van der Waals surface area contributed by atoms with Crippen molar-refractivity contribution in [1.29, 1.82) is 0 Å². The van der Waals surface area contributed by atoms with Gasteiger partial charge in [0.2, 0.25) is 0 Å². The van der Waals surface area contributed by atoms with Crippen molar-refractivity contribution in [1.82, 2.24) is 4.57 Å². The van der Waals surface area contributed by atoms with Crippen molar-refractivity contribution in [3.8, 4) is 50.2 Å². The molecule has 6 heteroatoms. The summed E-state index contributed by atoms with van der Waals surface area (Å²) in [5, 5.41) is 7.73. The maximum atomic E-state index is 2.76. The Kier molecular flexibility index (Phi) is 15.9. The Bertz CT molecular complexity index is 6210. The van der Waals surface area contributed by atoms with Gasteiger partial charge in [0.1, 0.15) is 0 Å². The average molecular weight is 1440 g/mol. The molecular weight excluding hydrogens is 1340 g/mol. The van der Waals surface area contributed by atoms with Gasteiger partial charge >= 0.3 is 0 Å². The fourth-order valence-electron chi connectivity index (χ4n) is 17.3. The molecule has 534 valence electrons. The predicted octanol–water partition coefficient (Wildman–Crippen LogP) is 28.1. The summed E-state index contributed by atoms with van der Waals surface area (Å²) in [6.45, 7) is 42.4. The number of rotatable bonds is 7. The molecule has 0 saturated carbocycles. The second kappa shape index (κ2) is 24.6. The first-order valence-corrected chi connectivity index (χ1v) is 40.5. The first kappa shape index (κ1) is 69.5. The van der Waals surface area contributed by atoms with E-state index in [9.17, 15) is 0 Å². The summed E-state index contributed by atoms with van der Waals surface area (Å²) in [6, 6.07) is 100.0. The van der Waals surface area contributed by atoms with Gasteiger partial charge in [0, 0.05) is 91.5 Å².